The Balaban J connectivity index is 0.000000874. The van der Waals surface area contributed by atoms with Gasteiger partial charge in [-0.2, -0.15) is 0 Å². The molecule has 0 saturated carbocycles. The summed E-state index contributed by atoms with van der Waals surface area (Å²) in [7, 11) is 0. The molecule has 1 heterocycles. The van der Waals surface area contributed by atoms with Crippen LogP contribution >= 0.6 is 0 Å². The lowest BCUT2D eigenvalue weighted by atomic mass is 10.1. The predicted molar refractivity (Wildman–Crippen MR) is 157 cm³/mol. The maximum absolute atomic E-state index is 12.6. The van der Waals surface area contributed by atoms with Gasteiger partial charge in [0.05, 0.1) is 6.33 Å². The number of amides is 1. The second-order valence-corrected chi connectivity index (χ2v) is 8.25. The van der Waals surface area contributed by atoms with Crippen molar-refractivity contribution < 1.29 is 9.18 Å². The summed E-state index contributed by atoms with van der Waals surface area (Å²) in [5.74, 6) is 0.790. The normalized spacial score (nSPS) is 10.3. The van der Waals surface area contributed by atoms with Crippen molar-refractivity contribution in [1.29, 1.82) is 0 Å². The molecule has 6 heteroatoms. The lowest BCUT2D eigenvalue weighted by Gasteiger charge is -2.10. The van der Waals surface area contributed by atoms with Gasteiger partial charge in [-0.1, -0.05) is 71.0 Å². The molecule has 0 radical (unpaired) electrons. The number of hydrogen-bond donors (Lipinski definition) is 3. The number of aryl methyl sites for hydroxylation is 1. The number of pyridine rings is 1. The molecule has 0 fully saturated rings. The Kier molecular flexibility index (Phi) is 17.1. The minimum Gasteiger partial charge on any atom is -0.370 e. The topological polar surface area (TPSA) is 66.0 Å². The van der Waals surface area contributed by atoms with Gasteiger partial charge in [0, 0.05) is 36.8 Å². The number of carbonyl (C=O) groups excluding carboxylic acids is 1. The summed E-state index contributed by atoms with van der Waals surface area (Å²) in [5.41, 5.74) is 3.33. The summed E-state index contributed by atoms with van der Waals surface area (Å²) < 4.78 is 10.8. The lowest BCUT2D eigenvalue weighted by molar-refractivity contribution is 0.0953. The highest BCUT2D eigenvalue weighted by molar-refractivity contribution is 6.01. The van der Waals surface area contributed by atoms with Crippen LogP contribution < -0.4 is 16.0 Å². The van der Waals surface area contributed by atoms with Gasteiger partial charge < -0.3 is 16.0 Å². The van der Waals surface area contributed by atoms with E-state index >= 15 is 0 Å². The van der Waals surface area contributed by atoms with E-state index in [1.807, 2.05) is 45.0 Å². The van der Waals surface area contributed by atoms with Crippen molar-refractivity contribution in [3.8, 4) is 0 Å². The van der Waals surface area contributed by atoms with E-state index < -0.39 is 0 Å². The van der Waals surface area contributed by atoms with E-state index in [1.165, 1.54) is 17.2 Å². The van der Waals surface area contributed by atoms with Crippen molar-refractivity contribution in [3.63, 3.8) is 0 Å². The number of fused-ring (bicyclic) bond motifs is 1. The minimum atomic E-state index is -0.0437. The maximum Gasteiger partial charge on any atom is 0.251 e. The third-order valence-electron chi connectivity index (χ3n) is 5.44. The summed E-state index contributed by atoms with van der Waals surface area (Å²) in [6.45, 7) is 13.4. The van der Waals surface area contributed by atoms with Gasteiger partial charge in [0.15, 0.2) is 0 Å². The highest BCUT2D eigenvalue weighted by Crippen LogP contribution is 2.22. The summed E-state index contributed by atoms with van der Waals surface area (Å²) in [6, 6.07) is 16.4. The Morgan fingerprint density at radius 3 is 2.43 bits per heavy atom. The van der Waals surface area contributed by atoms with Gasteiger partial charge in [0.25, 0.3) is 5.91 Å². The van der Waals surface area contributed by atoms with E-state index in [4.69, 9.17) is 0 Å². The standard InChI is InChI=1S/C25H32N4O.C4H7F.C2H6/c1-3-12-27-24-23-17-22(10-9-21(23)11-15-28-24)25(30)29-14-6-13-26-18-20-8-5-7-19(4-2)16-20;1-2-3-4-5;1-2/h5,7-11,15-17,26H,3-4,6,12-14,18H2,1-2H3,(H,27,28)(H,29,30);3-4H,2H2,1H3;1-2H3/b;4-3+;. The molecule has 37 heavy (non-hydrogen) atoms. The van der Waals surface area contributed by atoms with Crippen molar-refractivity contribution in [2.45, 2.75) is 66.8 Å². The molecule has 0 aliphatic heterocycles. The molecule has 2 aromatic carbocycles. The van der Waals surface area contributed by atoms with Crippen LogP contribution in [0.4, 0.5) is 10.2 Å². The molecule has 0 spiro atoms. The second-order valence-electron chi connectivity index (χ2n) is 8.25. The maximum atomic E-state index is 12.6. The Morgan fingerprint density at radius 2 is 1.76 bits per heavy atom. The van der Waals surface area contributed by atoms with E-state index in [0.717, 1.165) is 61.9 Å². The summed E-state index contributed by atoms with van der Waals surface area (Å²) >= 11 is 0. The predicted octanol–water partition coefficient (Wildman–Crippen LogP) is 7.43. The summed E-state index contributed by atoms with van der Waals surface area (Å²) in [6.07, 6.45) is 7.57. The van der Waals surface area contributed by atoms with E-state index in [9.17, 15) is 9.18 Å². The number of nitrogens with zero attached hydrogens (tertiary/aromatic N) is 1. The van der Waals surface area contributed by atoms with Crippen LogP contribution in [0.3, 0.4) is 0 Å². The second kappa shape index (κ2) is 19.9. The number of aromatic nitrogens is 1. The van der Waals surface area contributed by atoms with Crippen molar-refractivity contribution >= 4 is 22.5 Å². The Bertz CT molecular complexity index is 1070. The summed E-state index contributed by atoms with van der Waals surface area (Å²) in [5, 5.41) is 11.9. The molecule has 0 saturated heterocycles. The fourth-order valence-corrected chi connectivity index (χ4v) is 3.49. The monoisotopic (exact) mass is 508 g/mol. The molecule has 3 aromatic rings. The number of anilines is 1. The molecule has 0 atom stereocenters. The third-order valence-corrected chi connectivity index (χ3v) is 5.44. The minimum absolute atomic E-state index is 0.0437. The first kappa shape index (κ1) is 31.8. The van der Waals surface area contributed by atoms with Crippen molar-refractivity contribution in [3.05, 3.63) is 83.8 Å². The van der Waals surface area contributed by atoms with Crippen LogP contribution in [0.2, 0.25) is 0 Å². The van der Waals surface area contributed by atoms with E-state index in [1.54, 1.807) is 6.20 Å². The first-order chi connectivity index (χ1) is 18.1. The molecule has 1 aromatic heterocycles. The molecule has 202 valence electrons. The molecule has 0 bridgehead atoms. The Morgan fingerprint density at radius 1 is 0.973 bits per heavy atom. The molecule has 0 aliphatic carbocycles. The van der Waals surface area contributed by atoms with Crippen LogP contribution in [0.5, 0.6) is 0 Å². The van der Waals surface area contributed by atoms with Gasteiger partial charge in [-0.25, -0.2) is 9.37 Å². The number of hydrogen-bond acceptors (Lipinski definition) is 4. The molecular formula is C31H45FN4O. The van der Waals surface area contributed by atoms with Crippen molar-refractivity contribution in [2.75, 3.05) is 25.0 Å². The largest absolute Gasteiger partial charge is 0.370 e. The van der Waals surface area contributed by atoms with Gasteiger partial charge in [-0.05, 0) is 66.9 Å². The molecule has 0 aliphatic rings. The SMILES string of the molecule is CC.CC/C=C/F.CCCNc1nccc2ccc(C(=O)NCCCNCc3cccc(CC)c3)cc12. The first-order valence-electron chi connectivity index (χ1n) is 13.6. The van der Waals surface area contributed by atoms with E-state index in [2.05, 4.69) is 59.0 Å². The Hall–Kier alpha value is -3.25. The van der Waals surface area contributed by atoms with Gasteiger partial charge in [0.2, 0.25) is 0 Å². The zero-order valence-corrected chi connectivity index (χ0v) is 23.2. The number of halogens is 1. The quantitative estimate of drug-likeness (QED) is 0.223. The van der Waals surface area contributed by atoms with Crippen molar-refractivity contribution in [1.82, 2.24) is 15.6 Å². The third kappa shape index (κ3) is 12.0. The van der Waals surface area contributed by atoms with E-state index in [-0.39, 0.29) is 5.91 Å². The van der Waals surface area contributed by atoms with Gasteiger partial charge in [-0.3, -0.25) is 4.79 Å². The highest BCUT2D eigenvalue weighted by atomic mass is 19.1. The smallest absolute Gasteiger partial charge is 0.251 e. The molecule has 5 nitrogen and oxygen atoms in total. The van der Waals surface area contributed by atoms with Gasteiger partial charge in [0.1, 0.15) is 5.82 Å². The molecule has 3 rings (SSSR count). The molecule has 1 amide bonds. The first-order valence-corrected chi connectivity index (χ1v) is 13.6. The van der Waals surface area contributed by atoms with Gasteiger partial charge in [-0.15, -0.1) is 0 Å². The number of benzene rings is 2. The van der Waals surface area contributed by atoms with E-state index in [0.29, 0.717) is 18.4 Å². The van der Waals surface area contributed by atoms with Crippen molar-refractivity contribution in [2.24, 2.45) is 0 Å². The van der Waals surface area contributed by atoms with Gasteiger partial charge >= 0.3 is 0 Å². The van der Waals surface area contributed by atoms with Crippen LogP contribution in [0.1, 0.15) is 75.4 Å². The van der Waals surface area contributed by atoms with Crippen LogP contribution in [0.25, 0.3) is 10.8 Å². The highest BCUT2D eigenvalue weighted by Gasteiger charge is 2.08. The van der Waals surface area contributed by atoms with Crippen LogP contribution in [-0.2, 0) is 13.0 Å². The summed E-state index contributed by atoms with van der Waals surface area (Å²) in [4.78, 5) is 17.0. The number of nitrogens with one attached hydrogen (secondary N) is 3. The molecule has 3 N–H and O–H groups in total. The van der Waals surface area contributed by atoms with Crippen LogP contribution in [0.15, 0.2) is 67.1 Å². The molecular weight excluding hydrogens is 463 g/mol. The molecule has 0 unspecified atom stereocenters. The zero-order valence-electron chi connectivity index (χ0n) is 23.2. The fourth-order valence-electron chi connectivity index (χ4n) is 3.49. The van der Waals surface area contributed by atoms with Crippen LogP contribution in [0, 0.1) is 0 Å². The number of carbonyl (C=O) groups is 1. The average Bonchev–Trinajstić information content (AvgIpc) is 2.95. The lowest BCUT2D eigenvalue weighted by Crippen LogP contribution is -2.27. The fraction of sp³-hybridized carbons (Fsp3) is 0.419. The number of rotatable bonds is 12. The Labute approximate surface area is 223 Å². The number of allylic oxidation sites excluding steroid dienone is 1. The van der Waals surface area contributed by atoms with Crippen LogP contribution in [-0.4, -0.2) is 30.5 Å². The average molecular weight is 509 g/mol. The zero-order chi connectivity index (χ0) is 27.3.